The molecule has 0 aliphatic rings. The van der Waals surface area contributed by atoms with Crippen LogP contribution >= 0.6 is 11.3 Å². The molecule has 0 N–H and O–H groups in total. The Bertz CT molecular complexity index is 532. The lowest BCUT2D eigenvalue weighted by molar-refractivity contribution is 0.0606. The Labute approximate surface area is 89.5 Å². The van der Waals surface area contributed by atoms with E-state index in [1.54, 1.807) is 18.2 Å². The fourth-order valence-corrected chi connectivity index (χ4v) is 2.33. The first-order valence-corrected chi connectivity index (χ1v) is 5.02. The van der Waals surface area contributed by atoms with Gasteiger partial charge in [-0.1, -0.05) is 6.07 Å². The van der Waals surface area contributed by atoms with Crippen molar-refractivity contribution in [2.24, 2.45) is 5.18 Å². The normalized spacial score (nSPS) is 10.2. The van der Waals surface area contributed by atoms with Gasteiger partial charge in [0, 0.05) is 10.1 Å². The van der Waals surface area contributed by atoms with Crippen molar-refractivity contribution in [1.82, 2.24) is 0 Å². The highest BCUT2D eigenvalue weighted by Crippen LogP contribution is 2.32. The fourth-order valence-electron chi connectivity index (χ4n) is 1.33. The van der Waals surface area contributed by atoms with Crippen LogP contribution in [0, 0.1) is 4.91 Å². The molecule has 0 unspecified atom stereocenters. The Balaban J connectivity index is 2.65. The van der Waals surface area contributed by atoms with Crippen molar-refractivity contribution in [1.29, 1.82) is 0 Å². The van der Waals surface area contributed by atoms with E-state index in [2.05, 4.69) is 9.91 Å². The summed E-state index contributed by atoms with van der Waals surface area (Å²) in [5, 5.41) is 3.59. The second kappa shape index (κ2) is 3.78. The molecular weight excluding hydrogens is 214 g/mol. The van der Waals surface area contributed by atoms with Crippen LogP contribution < -0.4 is 0 Å². The Morgan fingerprint density at radius 3 is 2.93 bits per heavy atom. The first-order valence-electron chi connectivity index (χ1n) is 4.20. The molecule has 1 aromatic heterocycles. The van der Waals surface area contributed by atoms with Crippen LogP contribution in [0.25, 0.3) is 10.1 Å². The highest BCUT2D eigenvalue weighted by Gasteiger charge is 2.12. The maximum Gasteiger partial charge on any atom is 0.348 e. The number of nitroso groups, excluding NO2 is 1. The van der Waals surface area contributed by atoms with Gasteiger partial charge in [-0.05, 0) is 23.4 Å². The maximum absolute atomic E-state index is 11.3. The number of esters is 1. The summed E-state index contributed by atoms with van der Waals surface area (Å²) in [6.45, 7) is 0. The van der Waals surface area contributed by atoms with Crippen LogP contribution in [0.2, 0.25) is 0 Å². The van der Waals surface area contributed by atoms with Crippen molar-refractivity contribution in [2.45, 2.75) is 0 Å². The summed E-state index contributed by atoms with van der Waals surface area (Å²) in [7, 11) is 1.33. The summed E-state index contributed by atoms with van der Waals surface area (Å²) in [6.07, 6.45) is 0. The molecule has 1 heterocycles. The van der Waals surface area contributed by atoms with Gasteiger partial charge in [0.1, 0.15) is 10.6 Å². The first-order chi connectivity index (χ1) is 7.26. The number of carbonyl (C=O) groups is 1. The minimum Gasteiger partial charge on any atom is -0.465 e. The minimum atomic E-state index is -0.395. The molecule has 1 aromatic carbocycles. The summed E-state index contributed by atoms with van der Waals surface area (Å²) in [6, 6.07) is 6.81. The van der Waals surface area contributed by atoms with E-state index in [9.17, 15) is 9.70 Å². The average Bonchev–Trinajstić information content (AvgIpc) is 2.71. The smallest absolute Gasteiger partial charge is 0.348 e. The van der Waals surface area contributed by atoms with Gasteiger partial charge in [-0.2, -0.15) is 0 Å². The first kappa shape index (κ1) is 9.79. The SMILES string of the molecule is COC(=O)c1cc2c(N=O)cccc2s1. The van der Waals surface area contributed by atoms with Crippen LogP contribution in [0.3, 0.4) is 0 Å². The highest BCUT2D eigenvalue weighted by molar-refractivity contribution is 7.20. The molecule has 5 heteroatoms. The minimum absolute atomic E-state index is 0.346. The number of hydrogen-bond acceptors (Lipinski definition) is 5. The number of fused-ring (bicyclic) bond motifs is 1. The fraction of sp³-hybridized carbons (Fsp3) is 0.100. The van der Waals surface area contributed by atoms with Gasteiger partial charge >= 0.3 is 5.97 Å². The standard InChI is InChI=1S/C10H7NO3S/c1-14-10(12)9-5-6-7(11-13)3-2-4-8(6)15-9/h2-5H,1H3. The molecule has 4 nitrogen and oxygen atoms in total. The second-order valence-corrected chi connectivity index (χ2v) is 3.97. The number of methoxy groups -OCH3 is 1. The predicted molar refractivity (Wildman–Crippen MR) is 58.6 cm³/mol. The van der Waals surface area contributed by atoms with Crippen LogP contribution in [0.5, 0.6) is 0 Å². The summed E-state index contributed by atoms with van der Waals surface area (Å²) >= 11 is 1.29. The van der Waals surface area contributed by atoms with E-state index >= 15 is 0 Å². The average molecular weight is 221 g/mol. The third-order valence-electron chi connectivity index (χ3n) is 2.02. The van der Waals surface area contributed by atoms with Crippen molar-refractivity contribution in [3.63, 3.8) is 0 Å². The molecule has 0 saturated heterocycles. The van der Waals surface area contributed by atoms with E-state index in [-0.39, 0.29) is 0 Å². The quantitative estimate of drug-likeness (QED) is 0.578. The Morgan fingerprint density at radius 2 is 2.27 bits per heavy atom. The lowest BCUT2D eigenvalue weighted by Crippen LogP contribution is -1.96. The second-order valence-electron chi connectivity index (χ2n) is 2.88. The van der Waals surface area contributed by atoms with Crippen LogP contribution in [-0.2, 0) is 4.74 Å². The molecule has 0 aliphatic carbocycles. The number of benzene rings is 1. The topological polar surface area (TPSA) is 55.7 Å². The molecule has 0 amide bonds. The Hall–Kier alpha value is -1.75. The van der Waals surface area contributed by atoms with E-state index < -0.39 is 5.97 Å². The van der Waals surface area contributed by atoms with Gasteiger partial charge < -0.3 is 4.74 Å². The number of ether oxygens (including phenoxy) is 1. The molecule has 2 rings (SSSR count). The Kier molecular flexibility index (Phi) is 2.47. The maximum atomic E-state index is 11.3. The number of hydrogen-bond donors (Lipinski definition) is 0. The number of nitrogens with zero attached hydrogens (tertiary/aromatic N) is 1. The third-order valence-corrected chi connectivity index (χ3v) is 3.10. The van der Waals surface area contributed by atoms with Gasteiger partial charge in [-0.15, -0.1) is 16.2 Å². The van der Waals surface area contributed by atoms with Gasteiger partial charge in [0.15, 0.2) is 0 Å². The zero-order valence-corrected chi connectivity index (χ0v) is 8.71. The van der Waals surface area contributed by atoms with Crippen molar-refractivity contribution < 1.29 is 9.53 Å². The lowest BCUT2D eigenvalue weighted by Gasteiger charge is -1.90. The van der Waals surface area contributed by atoms with Crippen LogP contribution in [0.1, 0.15) is 9.67 Å². The van der Waals surface area contributed by atoms with Crippen LogP contribution in [-0.4, -0.2) is 13.1 Å². The molecule has 15 heavy (non-hydrogen) atoms. The van der Waals surface area contributed by atoms with Crippen molar-refractivity contribution >= 4 is 33.1 Å². The summed E-state index contributed by atoms with van der Waals surface area (Å²) < 4.78 is 5.46. The third kappa shape index (κ3) is 1.61. The van der Waals surface area contributed by atoms with Gasteiger partial charge in [-0.3, -0.25) is 0 Å². The van der Waals surface area contributed by atoms with Crippen molar-refractivity contribution in [3.8, 4) is 0 Å². The van der Waals surface area contributed by atoms with Crippen molar-refractivity contribution in [3.05, 3.63) is 34.0 Å². The molecule has 0 bridgehead atoms. The Morgan fingerprint density at radius 1 is 1.47 bits per heavy atom. The summed E-state index contributed by atoms with van der Waals surface area (Å²) in [5.74, 6) is -0.395. The molecule has 0 atom stereocenters. The summed E-state index contributed by atoms with van der Waals surface area (Å²) in [5.41, 5.74) is 0.346. The van der Waals surface area contributed by atoms with Gasteiger partial charge in [-0.25, -0.2) is 4.79 Å². The zero-order chi connectivity index (χ0) is 10.8. The number of carbonyl (C=O) groups excluding carboxylic acids is 1. The lowest BCUT2D eigenvalue weighted by atomic mass is 10.2. The van der Waals surface area contributed by atoms with Gasteiger partial charge in [0.2, 0.25) is 0 Å². The molecule has 0 saturated carbocycles. The molecule has 2 aromatic rings. The van der Waals surface area contributed by atoms with Crippen LogP contribution in [0.15, 0.2) is 29.4 Å². The molecule has 76 valence electrons. The van der Waals surface area contributed by atoms with Gasteiger partial charge in [0.05, 0.1) is 7.11 Å². The number of thiophene rings is 1. The molecule has 0 radical (unpaired) electrons. The van der Waals surface area contributed by atoms with E-state index in [0.717, 1.165) is 4.70 Å². The largest absolute Gasteiger partial charge is 0.465 e. The molecule has 0 aliphatic heterocycles. The predicted octanol–water partition coefficient (Wildman–Crippen LogP) is 3.09. The zero-order valence-electron chi connectivity index (χ0n) is 7.89. The van der Waals surface area contributed by atoms with Crippen LogP contribution in [0.4, 0.5) is 5.69 Å². The van der Waals surface area contributed by atoms with Gasteiger partial charge in [0.25, 0.3) is 0 Å². The van der Waals surface area contributed by atoms with E-state index in [1.165, 1.54) is 18.4 Å². The molecule has 0 spiro atoms. The number of rotatable bonds is 2. The van der Waals surface area contributed by atoms with Crippen molar-refractivity contribution in [2.75, 3.05) is 7.11 Å². The van der Waals surface area contributed by atoms with E-state index in [4.69, 9.17) is 0 Å². The molecular formula is C10H7NO3S. The molecule has 0 fully saturated rings. The highest BCUT2D eigenvalue weighted by atomic mass is 32.1. The van der Waals surface area contributed by atoms with E-state index in [0.29, 0.717) is 16.0 Å². The summed E-state index contributed by atoms with van der Waals surface area (Å²) in [4.78, 5) is 22.2. The van der Waals surface area contributed by atoms with E-state index in [1.807, 2.05) is 6.07 Å². The monoisotopic (exact) mass is 221 g/mol.